The standard InChI is InChI=1S/C13H14ClNS/c1-2-10-3-5-11(6-4-10)7-13-15-12(8-14)9-16-13/h3-6,9H,2,7-8H2,1H3. The first-order chi connectivity index (χ1) is 7.81. The van der Waals surface area contributed by atoms with E-state index >= 15 is 0 Å². The van der Waals surface area contributed by atoms with Crippen molar-refractivity contribution in [1.82, 2.24) is 4.98 Å². The number of aromatic nitrogens is 1. The Balaban J connectivity index is 2.08. The highest BCUT2D eigenvalue weighted by atomic mass is 35.5. The van der Waals surface area contributed by atoms with Crippen molar-refractivity contribution in [3.63, 3.8) is 0 Å². The van der Waals surface area contributed by atoms with Crippen molar-refractivity contribution in [3.8, 4) is 0 Å². The van der Waals surface area contributed by atoms with Crippen molar-refractivity contribution in [2.24, 2.45) is 0 Å². The first-order valence-corrected chi connectivity index (χ1v) is 6.80. The van der Waals surface area contributed by atoms with E-state index in [1.165, 1.54) is 11.1 Å². The van der Waals surface area contributed by atoms with Gasteiger partial charge in [-0.15, -0.1) is 22.9 Å². The lowest BCUT2D eigenvalue weighted by Crippen LogP contribution is -1.89. The molecule has 0 unspecified atom stereocenters. The van der Waals surface area contributed by atoms with Crippen LogP contribution in [0.2, 0.25) is 0 Å². The summed E-state index contributed by atoms with van der Waals surface area (Å²) in [6, 6.07) is 8.73. The fourth-order valence-electron chi connectivity index (χ4n) is 1.56. The molecule has 16 heavy (non-hydrogen) atoms. The van der Waals surface area contributed by atoms with Crippen molar-refractivity contribution in [2.75, 3.05) is 0 Å². The van der Waals surface area contributed by atoms with Crippen LogP contribution in [-0.2, 0) is 18.7 Å². The first-order valence-electron chi connectivity index (χ1n) is 5.39. The molecule has 1 nitrogen and oxygen atoms in total. The van der Waals surface area contributed by atoms with E-state index in [0.717, 1.165) is 23.5 Å². The molecule has 84 valence electrons. The van der Waals surface area contributed by atoms with Crippen LogP contribution in [0, 0.1) is 0 Å². The van der Waals surface area contributed by atoms with Crippen LogP contribution in [0.25, 0.3) is 0 Å². The first kappa shape index (κ1) is 11.6. The summed E-state index contributed by atoms with van der Waals surface area (Å²) in [5, 5.41) is 3.17. The average Bonchev–Trinajstić information content (AvgIpc) is 2.78. The molecule has 0 spiro atoms. The summed E-state index contributed by atoms with van der Waals surface area (Å²) in [6.07, 6.45) is 2.00. The summed E-state index contributed by atoms with van der Waals surface area (Å²) in [5.41, 5.74) is 3.67. The van der Waals surface area contributed by atoms with Gasteiger partial charge in [-0.25, -0.2) is 4.98 Å². The van der Waals surface area contributed by atoms with E-state index in [9.17, 15) is 0 Å². The van der Waals surface area contributed by atoms with E-state index in [1.54, 1.807) is 11.3 Å². The summed E-state index contributed by atoms with van der Waals surface area (Å²) in [6.45, 7) is 2.17. The molecule has 0 aliphatic heterocycles. The normalized spacial score (nSPS) is 10.6. The van der Waals surface area contributed by atoms with Gasteiger partial charge in [0.25, 0.3) is 0 Å². The smallest absolute Gasteiger partial charge is 0.0972 e. The van der Waals surface area contributed by atoms with Gasteiger partial charge in [-0.1, -0.05) is 31.2 Å². The molecule has 0 aliphatic carbocycles. The molecule has 0 atom stereocenters. The lowest BCUT2D eigenvalue weighted by atomic mass is 10.1. The highest BCUT2D eigenvalue weighted by Crippen LogP contribution is 2.16. The molecule has 0 N–H and O–H groups in total. The Morgan fingerprint density at radius 1 is 1.19 bits per heavy atom. The quantitative estimate of drug-likeness (QED) is 0.748. The zero-order valence-corrected chi connectivity index (χ0v) is 10.8. The van der Waals surface area contributed by atoms with Crippen LogP contribution < -0.4 is 0 Å². The molecule has 1 aromatic heterocycles. The molecule has 0 radical (unpaired) electrons. The van der Waals surface area contributed by atoms with Gasteiger partial charge in [-0.2, -0.15) is 0 Å². The van der Waals surface area contributed by atoms with Crippen LogP contribution in [0.1, 0.15) is 28.8 Å². The number of alkyl halides is 1. The SMILES string of the molecule is CCc1ccc(Cc2nc(CCl)cs2)cc1. The number of benzene rings is 1. The lowest BCUT2D eigenvalue weighted by molar-refractivity contribution is 1.08. The Morgan fingerprint density at radius 3 is 2.44 bits per heavy atom. The molecule has 3 heteroatoms. The summed E-state index contributed by atoms with van der Waals surface area (Å²) >= 11 is 7.41. The highest BCUT2D eigenvalue weighted by molar-refractivity contribution is 7.09. The van der Waals surface area contributed by atoms with Gasteiger partial charge in [-0.05, 0) is 17.5 Å². The van der Waals surface area contributed by atoms with Crippen LogP contribution in [0.3, 0.4) is 0 Å². The lowest BCUT2D eigenvalue weighted by Gasteiger charge is -2.00. The number of halogens is 1. The van der Waals surface area contributed by atoms with Crippen molar-refractivity contribution < 1.29 is 0 Å². The monoisotopic (exact) mass is 251 g/mol. The van der Waals surface area contributed by atoms with Crippen LogP contribution in [0.4, 0.5) is 0 Å². The van der Waals surface area contributed by atoms with Crippen LogP contribution in [0.15, 0.2) is 29.6 Å². The molecule has 0 saturated heterocycles. The van der Waals surface area contributed by atoms with Gasteiger partial charge in [0.1, 0.15) is 0 Å². The molecule has 0 fully saturated rings. The number of hydrogen-bond donors (Lipinski definition) is 0. The fourth-order valence-corrected chi connectivity index (χ4v) is 2.62. The number of hydrogen-bond acceptors (Lipinski definition) is 2. The summed E-state index contributed by atoms with van der Waals surface area (Å²) < 4.78 is 0. The molecule has 0 aliphatic rings. The Kier molecular flexibility index (Phi) is 3.97. The maximum atomic E-state index is 5.73. The van der Waals surface area contributed by atoms with Crippen molar-refractivity contribution >= 4 is 22.9 Å². The van der Waals surface area contributed by atoms with Gasteiger partial charge in [0, 0.05) is 11.8 Å². The Morgan fingerprint density at radius 2 is 1.88 bits per heavy atom. The van der Waals surface area contributed by atoms with E-state index in [4.69, 9.17) is 11.6 Å². The predicted octanol–water partition coefficient (Wildman–Crippen LogP) is 4.04. The molecular weight excluding hydrogens is 238 g/mol. The molecule has 1 heterocycles. The Labute approximate surface area is 105 Å². The largest absolute Gasteiger partial charge is 0.245 e. The Bertz CT molecular complexity index is 447. The second-order valence-corrected chi connectivity index (χ2v) is 4.92. The Hall–Kier alpha value is -0.860. The summed E-state index contributed by atoms with van der Waals surface area (Å²) in [4.78, 5) is 4.45. The minimum atomic E-state index is 0.505. The third-order valence-electron chi connectivity index (χ3n) is 2.52. The van der Waals surface area contributed by atoms with Gasteiger partial charge in [0.15, 0.2) is 0 Å². The number of rotatable bonds is 4. The minimum absolute atomic E-state index is 0.505. The van der Waals surface area contributed by atoms with E-state index in [-0.39, 0.29) is 0 Å². The van der Waals surface area contributed by atoms with Crippen molar-refractivity contribution in [2.45, 2.75) is 25.6 Å². The highest BCUT2D eigenvalue weighted by Gasteiger charge is 2.02. The zero-order valence-electron chi connectivity index (χ0n) is 9.24. The average molecular weight is 252 g/mol. The van der Waals surface area contributed by atoms with Crippen molar-refractivity contribution in [1.29, 1.82) is 0 Å². The zero-order chi connectivity index (χ0) is 11.4. The molecule has 0 bridgehead atoms. The molecule has 0 saturated carbocycles. The molecule has 0 amide bonds. The predicted molar refractivity (Wildman–Crippen MR) is 70.3 cm³/mol. The van der Waals surface area contributed by atoms with Crippen molar-refractivity contribution in [3.05, 3.63) is 51.5 Å². The summed E-state index contributed by atoms with van der Waals surface area (Å²) in [5.74, 6) is 0.505. The summed E-state index contributed by atoms with van der Waals surface area (Å²) in [7, 11) is 0. The topological polar surface area (TPSA) is 12.9 Å². The van der Waals surface area contributed by atoms with Crippen LogP contribution >= 0.6 is 22.9 Å². The molecule has 1 aromatic carbocycles. The minimum Gasteiger partial charge on any atom is -0.245 e. The van der Waals surface area contributed by atoms with Gasteiger partial charge in [0.2, 0.25) is 0 Å². The van der Waals surface area contributed by atoms with Gasteiger partial charge in [0.05, 0.1) is 16.6 Å². The third-order valence-corrected chi connectivity index (χ3v) is 3.69. The third kappa shape index (κ3) is 2.83. The van der Waals surface area contributed by atoms with E-state index in [1.807, 2.05) is 5.38 Å². The number of thiazole rings is 1. The van der Waals surface area contributed by atoms with E-state index < -0.39 is 0 Å². The number of aryl methyl sites for hydroxylation is 1. The maximum absolute atomic E-state index is 5.73. The second kappa shape index (κ2) is 5.46. The fraction of sp³-hybridized carbons (Fsp3) is 0.308. The van der Waals surface area contributed by atoms with Gasteiger partial charge in [-0.3, -0.25) is 0 Å². The molecular formula is C13H14ClNS. The van der Waals surface area contributed by atoms with Gasteiger partial charge < -0.3 is 0 Å². The van der Waals surface area contributed by atoms with Gasteiger partial charge >= 0.3 is 0 Å². The van der Waals surface area contributed by atoms with E-state index in [0.29, 0.717) is 5.88 Å². The van der Waals surface area contributed by atoms with Crippen LogP contribution in [0.5, 0.6) is 0 Å². The molecule has 2 rings (SSSR count). The maximum Gasteiger partial charge on any atom is 0.0972 e. The number of nitrogens with zero attached hydrogens (tertiary/aromatic N) is 1. The van der Waals surface area contributed by atoms with Crippen LogP contribution in [-0.4, -0.2) is 4.98 Å². The van der Waals surface area contributed by atoms with E-state index in [2.05, 4.69) is 36.2 Å². The second-order valence-electron chi connectivity index (χ2n) is 3.71. The molecule has 2 aromatic rings.